The van der Waals surface area contributed by atoms with Crippen LogP contribution in [0, 0.1) is 0 Å². The number of nitrogens with zero attached hydrogens (tertiary/aromatic N) is 1. The van der Waals surface area contributed by atoms with E-state index in [-0.39, 0.29) is 12.1 Å². The summed E-state index contributed by atoms with van der Waals surface area (Å²) in [6.07, 6.45) is 5.28. The molecule has 1 atom stereocenters. The fourth-order valence-corrected chi connectivity index (χ4v) is 4.70. The van der Waals surface area contributed by atoms with Crippen LogP contribution < -0.4 is 14.2 Å². The Balaban J connectivity index is 1.69. The Labute approximate surface area is 144 Å². The van der Waals surface area contributed by atoms with E-state index in [4.69, 9.17) is 9.47 Å². The maximum Gasteiger partial charge on any atom is 0.279 e. The van der Waals surface area contributed by atoms with Crippen LogP contribution in [-0.4, -0.2) is 39.0 Å². The molecule has 134 valence electrons. The molecule has 1 unspecified atom stereocenters. The molecule has 0 bridgehead atoms. The van der Waals surface area contributed by atoms with E-state index in [1.807, 2.05) is 25.1 Å². The standard InChI is InChI=1S/C17H26N2O4S/c1-13(14-8-9-16-17(12-14)23-11-10-22-16)18-24(20,21)19(2)15-6-4-3-5-7-15/h8-9,12-13,15,18H,3-7,10-11H2,1-2H3. The van der Waals surface area contributed by atoms with Crippen molar-refractivity contribution in [2.45, 2.75) is 51.1 Å². The van der Waals surface area contributed by atoms with Gasteiger partial charge in [-0.25, -0.2) is 0 Å². The van der Waals surface area contributed by atoms with Crippen LogP contribution in [0.25, 0.3) is 0 Å². The van der Waals surface area contributed by atoms with Crippen molar-refractivity contribution in [1.82, 2.24) is 9.03 Å². The first kappa shape index (κ1) is 17.5. The molecule has 0 radical (unpaired) electrons. The maximum atomic E-state index is 12.7. The van der Waals surface area contributed by atoms with Crippen LogP contribution in [0.15, 0.2) is 18.2 Å². The van der Waals surface area contributed by atoms with Gasteiger partial charge >= 0.3 is 0 Å². The van der Waals surface area contributed by atoms with Gasteiger partial charge in [0.15, 0.2) is 11.5 Å². The highest BCUT2D eigenvalue weighted by Crippen LogP contribution is 2.33. The summed E-state index contributed by atoms with van der Waals surface area (Å²) in [5, 5.41) is 0. The number of benzene rings is 1. The van der Waals surface area contributed by atoms with Gasteiger partial charge in [-0.05, 0) is 37.5 Å². The van der Waals surface area contributed by atoms with Crippen LogP contribution >= 0.6 is 0 Å². The first-order valence-electron chi connectivity index (χ1n) is 8.62. The normalized spacial score (nSPS) is 20.1. The van der Waals surface area contributed by atoms with Gasteiger partial charge in [0, 0.05) is 19.1 Å². The summed E-state index contributed by atoms with van der Waals surface area (Å²) >= 11 is 0. The van der Waals surface area contributed by atoms with Crippen LogP contribution in [0.5, 0.6) is 11.5 Å². The summed E-state index contributed by atoms with van der Waals surface area (Å²) in [5.41, 5.74) is 0.861. The van der Waals surface area contributed by atoms with E-state index in [0.29, 0.717) is 24.7 Å². The van der Waals surface area contributed by atoms with Gasteiger partial charge in [-0.15, -0.1) is 0 Å². The number of fused-ring (bicyclic) bond motifs is 1. The van der Waals surface area contributed by atoms with Gasteiger partial charge < -0.3 is 9.47 Å². The van der Waals surface area contributed by atoms with Crippen LogP contribution in [0.3, 0.4) is 0 Å². The molecular formula is C17H26N2O4S. The molecule has 1 aliphatic carbocycles. The fraction of sp³-hybridized carbons (Fsp3) is 0.647. The molecule has 6 nitrogen and oxygen atoms in total. The molecule has 3 rings (SSSR count). The van der Waals surface area contributed by atoms with E-state index >= 15 is 0 Å². The molecule has 0 spiro atoms. The molecule has 1 fully saturated rings. The second kappa shape index (κ2) is 7.29. The molecule has 1 aromatic carbocycles. The van der Waals surface area contributed by atoms with Gasteiger partial charge in [0.1, 0.15) is 13.2 Å². The minimum absolute atomic E-state index is 0.101. The highest BCUT2D eigenvalue weighted by atomic mass is 32.2. The topological polar surface area (TPSA) is 67.9 Å². The molecular weight excluding hydrogens is 328 g/mol. The largest absolute Gasteiger partial charge is 0.486 e. The average Bonchev–Trinajstić information content (AvgIpc) is 2.61. The lowest BCUT2D eigenvalue weighted by molar-refractivity contribution is 0.171. The lowest BCUT2D eigenvalue weighted by Crippen LogP contribution is -2.45. The summed E-state index contributed by atoms with van der Waals surface area (Å²) in [6.45, 7) is 2.90. The van der Waals surface area contributed by atoms with Crippen molar-refractivity contribution in [3.63, 3.8) is 0 Å². The van der Waals surface area contributed by atoms with Crippen molar-refractivity contribution in [3.05, 3.63) is 23.8 Å². The van der Waals surface area contributed by atoms with Gasteiger partial charge in [0.05, 0.1) is 0 Å². The van der Waals surface area contributed by atoms with Crippen LogP contribution in [0.2, 0.25) is 0 Å². The number of ether oxygens (including phenoxy) is 2. The van der Waals surface area contributed by atoms with E-state index in [0.717, 1.165) is 31.2 Å². The first-order chi connectivity index (χ1) is 11.5. The Morgan fingerprint density at radius 2 is 1.79 bits per heavy atom. The predicted molar refractivity (Wildman–Crippen MR) is 92.5 cm³/mol. The minimum Gasteiger partial charge on any atom is -0.486 e. The van der Waals surface area contributed by atoms with Crippen molar-refractivity contribution >= 4 is 10.2 Å². The number of rotatable bonds is 5. The molecule has 0 saturated heterocycles. The molecule has 1 aromatic rings. The summed E-state index contributed by atoms with van der Waals surface area (Å²) < 4.78 is 40.7. The van der Waals surface area contributed by atoms with Gasteiger partial charge in [-0.3, -0.25) is 0 Å². The van der Waals surface area contributed by atoms with E-state index in [2.05, 4.69) is 4.72 Å². The summed E-state index contributed by atoms with van der Waals surface area (Å²) in [6, 6.07) is 5.32. The number of nitrogens with one attached hydrogen (secondary N) is 1. The molecule has 1 N–H and O–H groups in total. The van der Waals surface area contributed by atoms with Crippen LogP contribution in [-0.2, 0) is 10.2 Å². The summed E-state index contributed by atoms with van der Waals surface area (Å²) in [7, 11) is -1.84. The molecule has 1 aliphatic heterocycles. The van der Waals surface area contributed by atoms with Crippen molar-refractivity contribution in [2.75, 3.05) is 20.3 Å². The minimum atomic E-state index is -3.52. The third-order valence-electron chi connectivity index (χ3n) is 4.86. The zero-order valence-electron chi connectivity index (χ0n) is 14.3. The second-order valence-electron chi connectivity index (χ2n) is 6.56. The summed E-state index contributed by atoms with van der Waals surface area (Å²) in [5.74, 6) is 1.38. The molecule has 1 saturated carbocycles. The first-order valence-corrected chi connectivity index (χ1v) is 10.1. The monoisotopic (exact) mass is 354 g/mol. The zero-order chi connectivity index (χ0) is 17.2. The SMILES string of the molecule is CC(NS(=O)(=O)N(C)C1CCCCC1)c1ccc2c(c1)OCCO2. The van der Waals surface area contributed by atoms with Crippen molar-refractivity contribution < 1.29 is 17.9 Å². The third-order valence-corrected chi connectivity index (χ3v) is 6.57. The van der Waals surface area contributed by atoms with Crippen molar-refractivity contribution in [3.8, 4) is 11.5 Å². The molecule has 0 amide bonds. The molecule has 0 aromatic heterocycles. The summed E-state index contributed by atoms with van der Waals surface area (Å²) in [4.78, 5) is 0. The molecule has 1 heterocycles. The van der Waals surface area contributed by atoms with E-state index < -0.39 is 10.2 Å². The van der Waals surface area contributed by atoms with E-state index in [9.17, 15) is 8.42 Å². The molecule has 2 aliphatic rings. The van der Waals surface area contributed by atoms with Crippen LogP contribution in [0.1, 0.15) is 50.6 Å². The fourth-order valence-electron chi connectivity index (χ4n) is 3.34. The Morgan fingerprint density at radius 3 is 2.50 bits per heavy atom. The van der Waals surface area contributed by atoms with Gasteiger partial charge in [0.2, 0.25) is 0 Å². The predicted octanol–water partition coefficient (Wildman–Crippen LogP) is 2.62. The molecule has 24 heavy (non-hydrogen) atoms. The smallest absolute Gasteiger partial charge is 0.279 e. The molecule has 7 heteroatoms. The van der Waals surface area contributed by atoms with Crippen molar-refractivity contribution in [2.24, 2.45) is 0 Å². The second-order valence-corrected chi connectivity index (χ2v) is 8.32. The van der Waals surface area contributed by atoms with E-state index in [1.54, 1.807) is 7.05 Å². The highest BCUT2D eigenvalue weighted by Gasteiger charge is 2.29. The quantitative estimate of drug-likeness (QED) is 0.883. The number of hydrogen-bond acceptors (Lipinski definition) is 4. The Hall–Kier alpha value is -1.31. The Kier molecular flexibility index (Phi) is 5.32. The Bertz CT molecular complexity index is 671. The van der Waals surface area contributed by atoms with Crippen LogP contribution in [0.4, 0.5) is 0 Å². The van der Waals surface area contributed by atoms with E-state index in [1.165, 1.54) is 10.7 Å². The average molecular weight is 354 g/mol. The van der Waals surface area contributed by atoms with Gasteiger partial charge in [-0.2, -0.15) is 17.4 Å². The zero-order valence-corrected chi connectivity index (χ0v) is 15.1. The lowest BCUT2D eigenvalue weighted by atomic mass is 9.96. The van der Waals surface area contributed by atoms with Crippen molar-refractivity contribution in [1.29, 1.82) is 0 Å². The lowest BCUT2D eigenvalue weighted by Gasteiger charge is -2.31. The maximum absolute atomic E-state index is 12.7. The van der Waals surface area contributed by atoms with Gasteiger partial charge in [0.25, 0.3) is 10.2 Å². The number of hydrogen-bond donors (Lipinski definition) is 1. The van der Waals surface area contributed by atoms with Gasteiger partial charge in [-0.1, -0.05) is 25.3 Å². The third kappa shape index (κ3) is 3.84. The Morgan fingerprint density at radius 1 is 1.12 bits per heavy atom. The highest BCUT2D eigenvalue weighted by molar-refractivity contribution is 7.87.